The summed E-state index contributed by atoms with van der Waals surface area (Å²) >= 11 is 0. The summed E-state index contributed by atoms with van der Waals surface area (Å²) in [5.41, 5.74) is 1.30. The molecule has 0 bridgehead atoms. The van der Waals surface area contributed by atoms with E-state index in [1.165, 1.54) is 0 Å². The van der Waals surface area contributed by atoms with Crippen molar-refractivity contribution in [2.45, 2.75) is 37.8 Å². The number of nitrogens with zero attached hydrogens (tertiary/aromatic N) is 1. The second-order valence-corrected chi connectivity index (χ2v) is 8.22. The van der Waals surface area contributed by atoms with Crippen LogP contribution in [0, 0.1) is 11.6 Å². The van der Waals surface area contributed by atoms with E-state index in [1.54, 1.807) is 0 Å². The van der Waals surface area contributed by atoms with Gasteiger partial charge in [-0.25, -0.2) is 8.78 Å². The molecule has 2 aliphatic rings. The van der Waals surface area contributed by atoms with Crippen LogP contribution in [-0.2, 0) is 4.74 Å². The van der Waals surface area contributed by atoms with Gasteiger partial charge in [0.2, 0.25) is 0 Å². The predicted octanol–water partition coefficient (Wildman–Crippen LogP) is 3.27. The van der Waals surface area contributed by atoms with Gasteiger partial charge < -0.3 is 20.3 Å². The second-order valence-electron chi connectivity index (χ2n) is 8.22. The predicted molar refractivity (Wildman–Crippen MR) is 117 cm³/mol. The molecule has 2 fully saturated rings. The van der Waals surface area contributed by atoms with Gasteiger partial charge in [-0.2, -0.15) is 0 Å². The Kier molecular flexibility index (Phi) is 6.99. The third-order valence-electron chi connectivity index (χ3n) is 6.01. The molecule has 1 unspecified atom stereocenters. The first-order valence-corrected chi connectivity index (χ1v) is 11.0. The van der Waals surface area contributed by atoms with Crippen LogP contribution in [0.25, 0.3) is 0 Å². The third-order valence-corrected chi connectivity index (χ3v) is 6.01. The number of halogens is 2. The van der Waals surface area contributed by atoms with Crippen molar-refractivity contribution in [2.75, 3.05) is 31.1 Å². The fourth-order valence-electron chi connectivity index (χ4n) is 4.25. The van der Waals surface area contributed by atoms with Crippen LogP contribution in [0.4, 0.5) is 14.5 Å². The van der Waals surface area contributed by atoms with Crippen LogP contribution < -0.4 is 15.5 Å². The second kappa shape index (κ2) is 10.1. The zero-order valence-electron chi connectivity index (χ0n) is 17.8. The molecule has 170 valence electrons. The number of ether oxygens (including phenoxy) is 1. The van der Waals surface area contributed by atoms with Crippen LogP contribution in [0.2, 0.25) is 0 Å². The number of rotatable bonds is 6. The van der Waals surface area contributed by atoms with Crippen molar-refractivity contribution in [3.8, 4) is 0 Å². The number of para-hydroxylation sites is 1. The number of piperidine rings is 1. The molecule has 0 spiro atoms. The van der Waals surface area contributed by atoms with Gasteiger partial charge in [0, 0.05) is 44.0 Å². The van der Waals surface area contributed by atoms with Gasteiger partial charge in [-0.1, -0.05) is 12.1 Å². The van der Waals surface area contributed by atoms with E-state index in [0.29, 0.717) is 44.1 Å². The van der Waals surface area contributed by atoms with Gasteiger partial charge in [-0.15, -0.1) is 0 Å². The first-order valence-electron chi connectivity index (χ1n) is 11.0. The van der Waals surface area contributed by atoms with Crippen molar-refractivity contribution < 1.29 is 23.1 Å². The van der Waals surface area contributed by atoms with E-state index >= 15 is 0 Å². The minimum Gasteiger partial charge on any atom is -0.376 e. The zero-order valence-corrected chi connectivity index (χ0v) is 17.8. The molecule has 4 rings (SSSR count). The van der Waals surface area contributed by atoms with Crippen LogP contribution in [0.5, 0.6) is 0 Å². The van der Waals surface area contributed by atoms with E-state index in [9.17, 15) is 18.4 Å². The lowest BCUT2D eigenvalue weighted by Gasteiger charge is -2.35. The molecule has 2 N–H and O–H groups in total. The van der Waals surface area contributed by atoms with Crippen molar-refractivity contribution in [1.82, 2.24) is 10.6 Å². The number of carbonyl (C=O) groups excluding carboxylic acids is 2. The van der Waals surface area contributed by atoms with Crippen LogP contribution in [-0.4, -0.2) is 50.2 Å². The largest absolute Gasteiger partial charge is 0.376 e. The van der Waals surface area contributed by atoms with E-state index in [1.807, 2.05) is 24.3 Å². The average molecular weight is 443 g/mol. The fourth-order valence-corrected chi connectivity index (χ4v) is 4.25. The lowest BCUT2D eigenvalue weighted by atomic mass is 10.0. The molecule has 1 atom stereocenters. The van der Waals surface area contributed by atoms with Crippen molar-refractivity contribution in [2.24, 2.45) is 0 Å². The minimum atomic E-state index is -0.872. The maximum Gasteiger partial charge on any atom is 0.254 e. The lowest BCUT2D eigenvalue weighted by Crippen LogP contribution is -2.45. The number of anilines is 1. The van der Waals surface area contributed by atoms with Gasteiger partial charge in [0.1, 0.15) is 11.6 Å². The fraction of sp³-hybridized carbons (Fsp3) is 0.417. The minimum absolute atomic E-state index is 0.0800. The van der Waals surface area contributed by atoms with Crippen LogP contribution in [0.15, 0.2) is 42.5 Å². The first kappa shape index (κ1) is 22.2. The molecule has 8 heteroatoms. The highest BCUT2D eigenvalue weighted by atomic mass is 19.1. The SMILES string of the molecule is O=C(NC1CCN(c2ccccc2C(=O)NCC2CCCO2)CC1)c1ccc(F)cc1F. The first-order chi connectivity index (χ1) is 15.5. The highest BCUT2D eigenvalue weighted by molar-refractivity contribution is 6.00. The third kappa shape index (κ3) is 5.24. The molecule has 0 aliphatic carbocycles. The number of amides is 2. The zero-order chi connectivity index (χ0) is 22.5. The number of nitrogens with one attached hydrogen (secondary N) is 2. The quantitative estimate of drug-likeness (QED) is 0.719. The van der Waals surface area contributed by atoms with Crippen molar-refractivity contribution in [3.63, 3.8) is 0 Å². The summed E-state index contributed by atoms with van der Waals surface area (Å²) in [5, 5.41) is 5.81. The molecule has 2 amide bonds. The molecule has 2 saturated heterocycles. The molecule has 2 heterocycles. The molecule has 0 aromatic heterocycles. The van der Waals surface area contributed by atoms with Crippen LogP contribution in [0.3, 0.4) is 0 Å². The maximum absolute atomic E-state index is 13.9. The molecule has 2 aromatic rings. The number of benzene rings is 2. The number of hydrogen-bond donors (Lipinski definition) is 2. The normalized spacial score (nSPS) is 19.1. The topological polar surface area (TPSA) is 70.7 Å². The van der Waals surface area contributed by atoms with E-state index in [4.69, 9.17) is 4.74 Å². The van der Waals surface area contributed by atoms with Crippen molar-refractivity contribution in [3.05, 3.63) is 65.2 Å². The number of carbonyl (C=O) groups is 2. The van der Waals surface area contributed by atoms with Gasteiger partial charge in [-0.05, 0) is 49.9 Å². The van der Waals surface area contributed by atoms with E-state index in [-0.39, 0.29) is 23.6 Å². The van der Waals surface area contributed by atoms with Crippen molar-refractivity contribution in [1.29, 1.82) is 0 Å². The summed E-state index contributed by atoms with van der Waals surface area (Å²) in [6.07, 6.45) is 3.37. The summed E-state index contributed by atoms with van der Waals surface area (Å²) in [7, 11) is 0. The van der Waals surface area contributed by atoms with Gasteiger partial charge in [0.25, 0.3) is 11.8 Å². The Morgan fingerprint density at radius 1 is 1.00 bits per heavy atom. The summed E-state index contributed by atoms with van der Waals surface area (Å²) in [6.45, 7) is 2.54. The molecule has 2 aliphatic heterocycles. The van der Waals surface area contributed by atoms with E-state index < -0.39 is 17.5 Å². The lowest BCUT2D eigenvalue weighted by molar-refractivity contribution is 0.0858. The van der Waals surface area contributed by atoms with E-state index in [2.05, 4.69) is 15.5 Å². The molecule has 0 saturated carbocycles. The standard InChI is InChI=1S/C24H27F2N3O3/c25-16-7-8-19(21(26)14-16)24(31)28-17-9-11-29(12-10-17)22-6-2-1-5-20(22)23(30)27-15-18-4-3-13-32-18/h1-2,5-8,14,17-18H,3-4,9-13,15H2,(H,27,30)(H,28,31). The molecule has 0 radical (unpaired) electrons. The monoisotopic (exact) mass is 443 g/mol. The Hall–Kier alpha value is -3.00. The Morgan fingerprint density at radius 3 is 2.50 bits per heavy atom. The molecule has 6 nitrogen and oxygen atoms in total. The maximum atomic E-state index is 13.9. The smallest absolute Gasteiger partial charge is 0.254 e. The molecule has 32 heavy (non-hydrogen) atoms. The summed E-state index contributed by atoms with van der Waals surface area (Å²) in [4.78, 5) is 27.3. The van der Waals surface area contributed by atoms with E-state index in [0.717, 1.165) is 37.3 Å². The summed E-state index contributed by atoms with van der Waals surface area (Å²) < 4.78 is 32.5. The van der Waals surface area contributed by atoms with Gasteiger partial charge in [0.15, 0.2) is 0 Å². The Morgan fingerprint density at radius 2 is 1.78 bits per heavy atom. The summed E-state index contributed by atoms with van der Waals surface area (Å²) in [5.74, 6) is -2.26. The highest BCUT2D eigenvalue weighted by Gasteiger charge is 2.25. The molecular weight excluding hydrogens is 416 g/mol. The van der Waals surface area contributed by atoms with Crippen molar-refractivity contribution >= 4 is 17.5 Å². The van der Waals surface area contributed by atoms with Gasteiger partial charge in [-0.3, -0.25) is 9.59 Å². The molecule has 2 aromatic carbocycles. The average Bonchev–Trinajstić information content (AvgIpc) is 3.32. The highest BCUT2D eigenvalue weighted by Crippen LogP contribution is 2.25. The van der Waals surface area contributed by atoms with Crippen LogP contribution in [0.1, 0.15) is 46.4 Å². The van der Waals surface area contributed by atoms with Crippen LogP contribution >= 0.6 is 0 Å². The Labute approximate surface area is 185 Å². The van der Waals surface area contributed by atoms with Gasteiger partial charge in [0.05, 0.1) is 17.2 Å². The Bertz CT molecular complexity index is 971. The van der Waals surface area contributed by atoms with Gasteiger partial charge >= 0.3 is 0 Å². The molecular formula is C24H27F2N3O3. The summed E-state index contributed by atoms with van der Waals surface area (Å²) in [6, 6.07) is 10.3. The Balaban J connectivity index is 1.34. The number of hydrogen-bond acceptors (Lipinski definition) is 4.